The molecule has 3 rings (SSSR count). The zero-order valence-corrected chi connectivity index (χ0v) is 14.2. The molecule has 2 aromatic carbocycles. The van der Waals surface area contributed by atoms with E-state index in [2.05, 4.69) is 0 Å². The summed E-state index contributed by atoms with van der Waals surface area (Å²) in [5, 5.41) is 0. The SMILES string of the molecule is COc1cc(N2C(=O)c3c(F)c(F)c(F)c(F)c3C2=O)cc(OC)c1OC. The molecule has 6 nitrogen and oxygen atoms in total. The largest absolute Gasteiger partial charge is 0.493 e. The molecule has 0 radical (unpaired) electrons. The lowest BCUT2D eigenvalue weighted by Crippen LogP contribution is -2.29. The van der Waals surface area contributed by atoms with Gasteiger partial charge in [-0.1, -0.05) is 0 Å². The highest BCUT2D eigenvalue weighted by Crippen LogP contribution is 2.43. The first-order valence-corrected chi connectivity index (χ1v) is 7.33. The third kappa shape index (κ3) is 2.47. The van der Waals surface area contributed by atoms with Gasteiger partial charge in [0, 0.05) is 12.1 Å². The fraction of sp³-hybridized carbons (Fsp3) is 0.176. The minimum absolute atomic E-state index is 0.0433. The van der Waals surface area contributed by atoms with Gasteiger partial charge >= 0.3 is 0 Å². The van der Waals surface area contributed by atoms with Crippen molar-refractivity contribution in [3.05, 3.63) is 46.5 Å². The molecule has 0 aliphatic carbocycles. The highest BCUT2D eigenvalue weighted by Gasteiger charge is 2.45. The molecule has 0 saturated heterocycles. The number of methoxy groups -OCH3 is 3. The summed E-state index contributed by atoms with van der Waals surface area (Å²) < 4.78 is 70.3. The first kappa shape index (κ1) is 18.5. The number of hydrogen-bond acceptors (Lipinski definition) is 5. The molecule has 1 aliphatic rings. The number of carbonyl (C=O) groups excluding carboxylic acids is 2. The van der Waals surface area contributed by atoms with Gasteiger partial charge in [-0.15, -0.1) is 0 Å². The quantitative estimate of drug-likeness (QED) is 0.350. The number of amides is 2. The topological polar surface area (TPSA) is 65.1 Å². The Balaban J connectivity index is 2.24. The molecular formula is C17H11F4NO5. The van der Waals surface area contributed by atoms with Crippen LogP contribution in [0.15, 0.2) is 12.1 Å². The van der Waals surface area contributed by atoms with Crippen molar-refractivity contribution in [2.45, 2.75) is 0 Å². The van der Waals surface area contributed by atoms with Crippen LogP contribution in [-0.2, 0) is 0 Å². The molecule has 1 heterocycles. The van der Waals surface area contributed by atoms with Gasteiger partial charge in [0.1, 0.15) is 0 Å². The fourth-order valence-electron chi connectivity index (χ4n) is 2.78. The second kappa shape index (κ2) is 6.45. The van der Waals surface area contributed by atoms with E-state index in [1.165, 1.54) is 33.5 Å². The zero-order valence-electron chi connectivity index (χ0n) is 14.2. The summed E-state index contributed by atoms with van der Waals surface area (Å²) in [6.45, 7) is 0. The van der Waals surface area contributed by atoms with Crippen LogP contribution < -0.4 is 19.1 Å². The molecule has 0 unspecified atom stereocenters. The highest BCUT2D eigenvalue weighted by atomic mass is 19.2. The first-order valence-electron chi connectivity index (χ1n) is 7.33. The van der Waals surface area contributed by atoms with E-state index in [1.54, 1.807) is 0 Å². The minimum Gasteiger partial charge on any atom is -0.493 e. The van der Waals surface area contributed by atoms with Crippen LogP contribution >= 0.6 is 0 Å². The molecule has 27 heavy (non-hydrogen) atoms. The molecule has 0 aromatic heterocycles. The van der Waals surface area contributed by atoms with Gasteiger partial charge in [-0.05, 0) is 0 Å². The number of imide groups is 1. The molecule has 0 fully saturated rings. The molecular weight excluding hydrogens is 374 g/mol. The summed E-state index contributed by atoms with van der Waals surface area (Å²) in [5.41, 5.74) is -2.58. The summed E-state index contributed by atoms with van der Waals surface area (Å²) in [4.78, 5) is 25.3. The van der Waals surface area contributed by atoms with Gasteiger partial charge in [0.05, 0.1) is 38.1 Å². The summed E-state index contributed by atoms with van der Waals surface area (Å²) in [7, 11) is 3.86. The standard InChI is InChI=1S/C17H11F4NO5/c1-25-7-4-6(5-8(26-2)15(7)27-3)22-16(23)9-10(17(22)24)12(19)14(21)13(20)11(9)18/h4-5H,1-3H3. The van der Waals surface area contributed by atoms with Gasteiger partial charge in [0.2, 0.25) is 5.75 Å². The number of fused-ring (bicyclic) bond motifs is 1. The van der Waals surface area contributed by atoms with Gasteiger partial charge in [-0.3, -0.25) is 9.59 Å². The lowest BCUT2D eigenvalue weighted by atomic mass is 10.1. The van der Waals surface area contributed by atoms with E-state index >= 15 is 0 Å². The van der Waals surface area contributed by atoms with Crippen LogP contribution in [0.2, 0.25) is 0 Å². The maximum absolute atomic E-state index is 14.0. The minimum atomic E-state index is -2.18. The van der Waals surface area contributed by atoms with Crippen molar-refractivity contribution in [2.24, 2.45) is 0 Å². The fourth-order valence-corrected chi connectivity index (χ4v) is 2.78. The van der Waals surface area contributed by atoms with Crippen LogP contribution in [0, 0.1) is 23.3 Å². The van der Waals surface area contributed by atoms with Gasteiger partial charge in [-0.25, -0.2) is 22.5 Å². The van der Waals surface area contributed by atoms with Crippen molar-refractivity contribution in [3.63, 3.8) is 0 Å². The summed E-state index contributed by atoms with van der Waals surface area (Å²) in [6, 6.07) is 2.34. The third-order valence-electron chi connectivity index (χ3n) is 4.01. The first-order chi connectivity index (χ1) is 12.8. The number of carbonyl (C=O) groups is 2. The van der Waals surface area contributed by atoms with Crippen LogP contribution in [-0.4, -0.2) is 33.1 Å². The zero-order chi connectivity index (χ0) is 20.0. The average molecular weight is 385 g/mol. The number of rotatable bonds is 4. The summed E-state index contributed by atoms with van der Waals surface area (Å²) in [5.74, 6) is -10.8. The lowest BCUT2D eigenvalue weighted by molar-refractivity contribution is 0.0924. The van der Waals surface area contributed by atoms with Crippen LogP contribution in [0.1, 0.15) is 20.7 Å². The maximum Gasteiger partial charge on any atom is 0.269 e. The van der Waals surface area contributed by atoms with E-state index in [4.69, 9.17) is 14.2 Å². The van der Waals surface area contributed by atoms with E-state index in [1.807, 2.05) is 0 Å². The molecule has 2 amide bonds. The maximum atomic E-state index is 14.0. The molecule has 142 valence electrons. The summed E-state index contributed by atoms with van der Waals surface area (Å²) >= 11 is 0. The normalized spacial score (nSPS) is 13.1. The molecule has 0 bridgehead atoms. The Morgan fingerprint density at radius 3 is 1.44 bits per heavy atom. The lowest BCUT2D eigenvalue weighted by Gasteiger charge is -2.18. The second-order valence-corrected chi connectivity index (χ2v) is 5.34. The number of anilines is 1. The van der Waals surface area contributed by atoms with Crippen molar-refractivity contribution in [2.75, 3.05) is 26.2 Å². The number of benzene rings is 2. The molecule has 0 N–H and O–H groups in total. The molecule has 10 heteroatoms. The number of halogens is 4. The van der Waals surface area contributed by atoms with E-state index in [0.29, 0.717) is 4.90 Å². The van der Waals surface area contributed by atoms with Gasteiger partial charge in [0.15, 0.2) is 34.8 Å². The smallest absolute Gasteiger partial charge is 0.269 e. The Kier molecular flexibility index (Phi) is 4.42. The summed E-state index contributed by atoms with van der Waals surface area (Å²) in [6.07, 6.45) is 0. The second-order valence-electron chi connectivity index (χ2n) is 5.34. The molecule has 0 atom stereocenters. The number of hydrogen-bond donors (Lipinski definition) is 0. The molecule has 1 aliphatic heterocycles. The predicted octanol–water partition coefficient (Wildman–Crippen LogP) is 3.07. The Hall–Kier alpha value is -3.30. The van der Waals surface area contributed by atoms with Crippen molar-refractivity contribution < 1.29 is 41.4 Å². The van der Waals surface area contributed by atoms with Gasteiger partial charge in [-0.2, -0.15) is 0 Å². The Morgan fingerprint density at radius 1 is 0.704 bits per heavy atom. The Labute approximate surface area is 149 Å². The van der Waals surface area contributed by atoms with Crippen LogP contribution in [0.25, 0.3) is 0 Å². The van der Waals surface area contributed by atoms with Crippen LogP contribution in [0.5, 0.6) is 17.2 Å². The number of ether oxygens (including phenoxy) is 3. The van der Waals surface area contributed by atoms with E-state index in [-0.39, 0.29) is 22.9 Å². The molecule has 2 aromatic rings. The monoisotopic (exact) mass is 385 g/mol. The Bertz CT molecular complexity index is 920. The molecule has 0 saturated carbocycles. The van der Waals surface area contributed by atoms with Crippen LogP contribution in [0.4, 0.5) is 23.2 Å². The van der Waals surface area contributed by atoms with Crippen molar-refractivity contribution in [1.29, 1.82) is 0 Å². The van der Waals surface area contributed by atoms with E-state index in [0.717, 1.165) is 0 Å². The number of nitrogens with zero attached hydrogens (tertiary/aromatic N) is 1. The van der Waals surface area contributed by atoms with Gasteiger partial charge in [0.25, 0.3) is 11.8 Å². The highest BCUT2D eigenvalue weighted by molar-refractivity contribution is 6.34. The van der Waals surface area contributed by atoms with Crippen LogP contribution in [0.3, 0.4) is 0 Å². The Morgan fingerprint density at radius 2 is 1.11 bits per heavy atom. The van der Waals surface area contributed by atoms with E-state index in [9.17, 15) is 27.2 Å². The van der Waals surface area contributed by atoms with Crippen molar-refractivity contribution in [3.8, 4) is 17.2 Å². The van der Waals surface area contributed by atoms with E-state index < -0.39 is 46.2 Å². The van der Waals surface area contributed by atoms with Crippen molar-refractivity contribution >= 4 is 17.5 Å². The predicted molar refractivity (Wildman–Crippen MR) is 83.5 cm³/mol. The third-order valence-corrected chi connectivity index (χ3v) is 4.01. The average Bonchev–Trinajstić information content (AvgIpc) is 2.93. The van der Waals surface area contributed by atoms with Gasteiger partial charge < -0.3 is 14.2 Å². The van der Waals surface area contributed by atoms with Crippen molar-refractivity contribution in [1.82, 2.24) is 0 Å². The molecule has 0 spiro atoms.